The maximum atomic E-state index is 13.2. The van der Waals surface area contributed by atoms with Crippen molar-refractivity contribution in [2.45, 2.75) is 71.6 Å². The van der Waals surface area contributed by atoms with Gasteiger partial charge in [-0.05, 0) is 0 Å². The van der Waals surface area contributed by atoms with Crippen LogP contribution in [0, 0.1) is 11.3 Å². The Morgan fingerprint density at radius 3 is 2.29 bits per heavy atom. The van der Waals surface area contributed by atoms with Gasteiger partial charge in [0.25, 0.3) is 0 Å². The van der Waals surface area contributed by atoms with Crippen LogP contribution in [0.15, 0.2) is 40.0 Å². The average Bonchev–Trinajstić information content (AvgIpc) is 3.16. The first-order valence-corrected chi connectivity index (χ1v) is 15.9. The van der Waals surface area contributed by atoms with Gasteiger partial charge in [-0.15, -0.1) is 0 Å². The van der Waals surface area contributed by atoms with Crippen molar-refractivity contribution < 1.29 is 23.8 Å². The number of ether oxygens (including phenoxy) is 3. The first-order valence-electron chi connectivity index (χ1n) is 10.7. The molecule has 0 unspecified atom stereocenters. The molecule has 1 aromatic rings. The van der Waals surface area contributed by atoms with Crippen molar-refractivity contribution >= 4 is 39.4 Å². The van der Waals surface area contributed by atoms with Crippen molar-refractivity contribution in [3.8, 4) is 0 Å². The zero-order chi connectivity index (χ0) is 23.2. The Balaban J connectivity index is 2.11. The normalized spacial score (nSPS) is 30.5. The number of benzene rings is 1. The van der Waals surface area contributed by atoms with Crippen LogP contribution in [0.25, 0.3) is 0 Å². The van der Waals surface area contributed by atoms with Gasteiger partial charge in [0.1, 0.15) is 0 Å². The van der Waals surface area contributed by atoms with Gasteiger partial charge in [0.15, 0.2) is 0 Å². The third-order valence-electron chi connectivity index (χ3n) is 6.26. The van der Waals surface area contributed by atoms with E-state index in [1.165, 1.54) is 15.7 Å². The molecule has 1 saturated carbocycles. The molecule has 2 fully saturated rings. The van der Waals surface area contributed by atoms with E-state index in [1.807, 2.05) is 45.9 Å². The van der Waals surface area contributed by atoms with Crippen LogP contribution in [0.4, 0.5) is 0 Å². The predicted octanol–water partition coefficient (Wildman–Crippen LogP) is 3.81. The van der Waals surface area contributed by atoms with Crippen LogP contribution in [-0.4, -0.2) is 53.5 Å². The molecule has 3 atom stereocenters. The molecule has 1 aliphatic carbocycles. The van der Waals surface area contributed by atoms with Crippen LogP contribution >= 0.6 is 0 Å². The number of rotatable bonds is 4. The number of hydrogen-bond donors (Lipinski definition) is 0. The molecule has 1 aliphatic heterocycles. The minimum atomic E-state index is -1.80. The van der Waals surface area contributed by atoms with Crippen molar-refractivity contribution in [2.75, 3.05) is 7.11 Å². The van der Waals surface area contributed by atoms with Gasteiger partial charge in [0, 0.05) is 0 Å². The topological polar surface area (TPSA) is 61.8 Å². The van der Waals surface area contributed by atoms with E-state index in [0.717, 1.165) is 5.57 Å². The van der Waals surface area contributed by atoms with E-state index in [-0.39, 0.29) is 33.3 Å². The molecule has 0 amide bonds. The summed E-state index contributed by atoms with van der Waals surface area (Å²) in [5.41, 5.74) is -0.493. The summed E-state index contributed by atoms with van der Waals surface area (Å²) in [6.45, 7) is 14.7. The summed E-state index contributed by atoms with van der Waals surface area (Å²) in [5, 5.41) is 0. The van der Waals surface area contributed by atoms with E-state index in [2.05, 4.69) is 31.8 Å². The summed E-state index contributed by atoms with van der Waals surface area (Å²) in [6, 6.07) is 10.4. The Labute approximate surface area is 193 Å². The molecule has 0 N–H and O–H groups in total. The van der Waals surface area contributed by atoms with Gasteiger partial charge < -0.3 is 0 Å². The van der Waals surface area contributed by atoms with E-state index >= 15 is 0 Å². The Bertz CT molecular complexity index is 899. The molecule has 1 heterocycles. The van der Waals surface area contributed by atoms with Crippen LogP contribution in [0.2, 0.25) is 19.6 Å². The fourth-order valence-electron chi connectivity index (χ4n) is 4.11. The number of cyclic esters (lactones) is 1. The molecule has 0 aromatic heterocycles. The maximum absolute atomic E-state index is 13.2. The van der Waals surface area contributed by atoms with Gasteiger partial charge in [-0.2, -0.15) is 0 Å². The Kier molecular flexibility index (Phi) is 6.40. The van der Waals surface area contributed by atoms with Gasteiger partial charge in [-0.3, -0.25) is 0 Å². The number of carbonyl (C=O) groups is 2. The standard InChI is InChI=1S/C24H34O5SeSi/c1-22(2,3)23(4)28-21(26)24(29-23)14-17(19(25)27-5)18(15-24)20(31(6,7)8)30-16-12-10-9-11-13-16/h9-13,17H,14-15H2,1-8H3/b20-18+/t17-,23-,24+/m1/s1. The predicted molar refractivity (Wildman–Crippen MR) is 125 cm³/mol. The van der Waals surface area contributed by atoms with Gasteiger partial charge in [-0.25, -0.2) is 0 Å². The van der Waals surface area contributed by atoms with E-state index in [9.17, 15) is 9.59 Å². The summed E-state index contributed by atoms with van der Waals surface area (Å²) in [6.07, 6.45) is 0.670. The summed E-state index contributed by atoms with van der Waals surface area (Å²) in [7, 11) is -0.394. The van der Waals surface area contributed by atoms with Crippen molar-refractivity contribution in [3.05, 3.63) is 40.0 Å². The number of hydrogen-bond acceptors (Lipinski definition) is 5. The fraction of sp³-hybridized carbons (Fsp3) is 0.583. The third-order valence-corrected chi connectivity index (χ3v) is 14.4. The molecule has 7 heteroatoms. The fourth-order valence-corrected chi connectivity index (χ4v) is 10.0. The Hall–Kier alpha value is -1.40. The second kappa shape index (κ2) is 8.18. The van der Waals surface area contributed by atoms with Crippen LogP contribution in [0.3, 0.4) is 0 Å². The van der Waals surface area contributed by atoms with E-state index in [0.29, 0.717) is 6.42 Å². The quantitative estimate of drug-likeness (QED) is 0.457. The zero-order valence-corrected chi connectivity index (χ0v) is 22.5. The van der Waals surface area contributed by atoms with E-state index < -0.39 is 30.8 Å². The number of esters is 2. The van der Waals surface area contributed by atoms with Crippen LogP contribution < -0.4 is 4.46 Å². The molecule has 0 bridgehead atoms. The SMILES string of the molecule is COC(=O)[C@@H]1C[C@@]2(C/C1=C(/[Se]c1ccccc1)[Si](C)(C)C)O[C@](C)(C(C)(C)C)OC2=O. The molecule has 1 spiro atoms. The Morgan fingerprint density at radius 2 is 1.81 bits per heavy atom. The molecule has 3 rings (SSSR count). The molecule has 5 nitrogen and oxygen atoms in total. The molecule has 1 saturated heterocycles. The summed E-state index contributed by atoms with van der Waals surface area (Å²) in [5.74, 6) is -2.18. The Morgan fingerprint density at radius 1 is 1.19 bits per heavy atom. The van der Waals surface area contributed by atoms with Gasteiger partial charge in [0.05, 0.1) is 0 Å². The van der Waals surface area contributed by atoms with Crippen molar-refractivity contribution in [1.82, 2.24) is 0 Å². The van der Waals surface area contributed by atoms with Crippen LogP contribution in [0.5, 0.6) is 0 Å². The van der Waals surface area contributed by atoms with Crippen molar-refractivity contribution in [3.63, 3.8) is 0 Å². The summed E-state index contributed by atoms with van der Waals surface area (Å²) >= 11 is 0.0642. The molecule has 2 aliphatic rings. The second-order valence-corrected chi connectivity index (χ2v) is 18.7. The average molecular weight is 510 g/mol. The summed E-state index contributed by atoms with van der Waals surface area (Å²) < 4.78 is 20.1. The van der Waals surface area contributed by atoms with Gasteiger partial charge in [0.2, 0.25) is 0 Å². The van der Waals surface area contributed by atoms with Crippen LogP contribution in [-0.2, 0) is 23.8 Å². The molecule has 170 valence electrons. The molecular formula is C24H34O5SeSi. The van der Waals surface area contributed by atoms with Crippen molar-refractivity contribution in [1.29, 1.82) is 0 Å². The van der Waals surface area contributed by atoms with Gasteiger partial charge >= 0.3 is 193 Å². The zero-order valence-electron chi connectivity index (χ0n) is 19.8. The molecular weight excluding hydrogens is 475 g/mol. The molecule has 0 radical (unpaired) electrons. The van der Waals surface area contributed by atoms with Gasteiger partial charge in [-0.1, -0.05) is 0 Å². The summed E-state index contributed by atoms with van der Waals surface area (Å²) in [4.78, 5) is 26.1. The third kappa shape index (κ3) is 4.56. The monoisotopic (exact) mass is 510 g/mol. The minimum absolute atomic E-state index is 0.0642. The van der Waals surface area contributed by atoms with E-state index in [1.54, 1.807) is 0 Å². The number of methoxy groups -OCH3 is 1. The second-order valence-electron chi connectivity index (χ2n) is 10.7. The first-order chi connectivity index (χ1) is 14.2. The van der Waals surface area contributed by atoms with Crippen molar-refractivity contribution in [2.24, 2.45) is 11.3 Å². The molecule has 31 heavy (non-hydrogen) atoms. The number of carbonyl (C=O) groups excluding carboxylic acids is 2. The van der Waals surface area contributed by atoms with Crippen LogP contribution in [0.1, 0.15) is 40.5 Å². The van der Waals surface area contributed by atoms with E-state index in [4.69, 9.17) is 14.2 Å². The molecule has 1 aromatic carbocycles. The first kappa shape index (κ1) is 24.2.